The van der Waals surface area contributed by atoms with E-state index in [4.69, 9.17) is 9.47 Å². The number of rotatable bonds is 2. The molecule has 2 heterocycles. The maximum Gasteiger partial charge on any atom is 0.101 e. The van der Waals surface area contributed by atoms with Crippen molar-refractivity contribution in [3.63, 3.8) is 0 Å². The molecule has 2 fully saturated rings. The van der Waals surface area contributed by atoms with Crippen LogP contribution in [0.5, 0.6) is 0 Å². The molecule has 0 aromatic heterocycles. The van der Waals surface area contributed by atoms with Gasteiger partial charge in [-0.1, -0.05) is 0 Å². The number of aliphatic hydroxyl groups is 1. The molecule has 0 bridgehead atoms. The van der Waals surface area contributed by atoms with Gasteiger partial charge in [-0.05, 0) is 13.8 Å². The number of aliphatic hydroxyl groups excluding tert-OH is 1. The molecular weight excluding hydrogens is 206 g/mol. The van der Waals surface area contributed by atoms with Crippen LogP contribution in [0.4, 0.5) is 0 Å². The van der Waals surface area contributed by atoms with E-state index >= 15 is 0 Å². The van der Waals surface area contributed by atoms with Gasteiger partial charge in [0, 0.05) is 6.42 Å². The summed E-state index contributed by atoms with van der Waals surface area (Å²) in [5.74, 6) is 0.293. The Morgan fingerprint density at radius 2 is 2.00 bits per heavy atom. The largest absolute Gasteiger partial charge is 0.392 e. The molecule has 0 aromatic rings. The third-order valence-corrected chi connectivity index (χ3v) is 3.68. The maximum atomic E-state index is 10.1. The van der Waals surface area contributed by atoms with Gasteiger partial charge >= 0.3 is 0 Å². The van der Waals surface area contributed by atoms with Crippen molar-refractivity contribution < 1.29 is 19.5 Å². The molecule has 0 aliphatic carbocycles. The third-order valence-electron chi connectivity index (χ3n) is 3.68. The first-order chi connectivity index (χ1) is 7.57. The molecule has 2 aliphatic rings. The van der Waals surface area contributed by atoms with Gasteiger partial charge in [-0.25, -0.2) is 0 Å². The van der Waals surface area contributed by atoms with Crippen LogP contribution >= 0.6 is 0 Å². The molecular formula is C12H24NO3+. The lowest BCUT2D eigenvalue weighted by Gasteiger charge is -2.39. The normalized spacial score (nSPS) is 36.2. The van der Waals surface area contributed by atoms with Crippen LogP contribution in [0.2, 0.25) is 0 Å². The lowest BCUT2D eigenvalue weighted by atomic mass is 9.88. The predicted octanol–water partition coefficient (Wildman–Crippen LogP) is -0.922. The van der Waals surface area contributed by atoms with Crippen LogP contribution in [0.1, 0.15) is 20.3 Å². The first-order valence-electron chi connectivity index (χ1n) is 6.30. The fraction of sp³-hybridized carbons (Fsp3) is 1.00. The monoisotopic (exact) mass is 230 g/mol. The minimum Gasteiger partial charge on any atom is -0.392 e. The molecule has 0 unspecified atom stereocenters. The second-order valence-corrected chi connectivity index (χ2v) is 5.67. The second-order valence-electron chi connectivity index (χ2n) is 5.67. The minimum absolute atomic E-state index is 0.156. The van der Waals surface area contributed by atoms with Gasteiger partial charge < -0.3 is 19.5 Å². The number of ether oxygens (including phenoxy) is 2. The van der Waals surface area contributed by atoms with Crippen molar-refractivity contribution in [3.8, 4) is 0 Å². The summed E-state index contributed by atoms with van der Waals surface area (Å²) < 4.78 is 11.1. The van der Waals surface area contributed by atoms with Gasteiger partial charge in [-0.3, -0.25) is 0 Å². The molecule has 94 valence electrons. The zero-order valence-electron chi connectivity index (χ0n) is 10.4. The number of morpholine rings is 1. The van der Waals surface area contributed by atoms with Crippen LogP contribution in [0.25, 0.3) is 0 Å². The van der Waals surface area contributed by atoms with Crippen molar-refractivity contribution in [3.05, 3.63) is 0 Å². The Bertz CT molecular complexity index is 226. The molecule has 2 saturated heterocycles. The number of quaternary nitrogens is 1. The van der Waals surface area contributed by atoms with Crippen molar-refractivity contribution in [2.45, 2.75) is 32.0 Å². The molecule has 2 atom stereocenters. The smallest absolute Gasteiger partial charge is 0.101 e. The lowest BCUT2D eigenvalue weighted by Crippen LogP contribution is -3.15. The van der Waals surface area contributed by atoms with Crippen LogP contribution in [-0.2, 0) is 9.47 Å². The average molecular weight is 230 g/mol. The van der Waals surface area contributed by atoms with Crippen LogP contribution in [0, 0.1) is 5.92 Å². The molecule has 4 nitrogen and oxygen atoms in total. The highest BCUT2D eigenvalue weighted by molar-refractivity contribution is 4.83. The summed E-state index contributed by atoms with van der Waals surface area (Å²) in [5, 5.41) is 10.1. The Labute approximate surface area is 97.5 Å². The summed E-state index contributed by atoms with van der Waals surface area (Å²) in [6.45, 7) is 9.63. The lowest BCUT2D eigenvalue weighted by molar-refractivity contribution is -0.912. The quantitative estimate of drug-likeness (QED) is 0.645. The van der Waals surface area contributed by atoms with E-state index in [2.05, 4.69) is 0 Å². The van der Waals surface area contributed by atoms with E-state index in [0.717, 1.165) is 39.3 Å². The molecule has 4 heteroatoms. The topological polar surface area (TPSA) is 43.1 Å². The van der Waals surface area contributed by atoms with Gasteiger partial charge in [0.1, 0.15) is 13.1 Å². The zero-order chi connectivity index (χ0) is 11.6. The fourth-order valence-corrected chi connectivity index (χ4v) is 2.60. The Morgan fingerprint density at radius 3 is 2.62 bits per heavy atom. The maximum absolute atomic E-state index is 10.1. The number of hydrogen-bond acceptors (Lipinski definition) is 3. The van der Waals surface area contributed by atoms with Gasteiger partial charge in [-0.15, -0.1) is 0 Å². The van der Waals surface area contributed by atoms with Gasteiger partial charge in [0.2, 0.25) is 0 Å². The van der Waals surface area contributed by atoms with E-state index in [1.165, 1.54) is 0 Å². The fourth-order valence-electron chi connectivity index (χ4n) is 2.60. The first kappa shape index (κ1) is 12.3. The minimum atomic E-state index is -0.209. The highest BCUT2D eigenvalue weighted by Gasteiger charge is 2.36. The SMILES string of the molecule is CC1(C)C[C@@H](O)[C@@H](C[NH+]2CCOCC2)CO1. The van der Waals surface area contributed by atoms with Crippen molar-refractivity contribution in [2.75, 3.05) is 39.5 Å². The third kappa shape index (κ3) is 3.17. The summed E-state index contributed by atoms with van der Waals surface area (Å²) in [7, 11) is 0. The number of hydrogen-bond donors (Lipinski definition) is 2. The highest BCUT2D eigenvalue weighted by atomic mass is 16.5. The molecule has 0 aromatic carbocycles. The first-order valence-corrected chi connectivity index (χ1v) is 6.30. The number of nitrogens with one attached hydrogen (secondary N) is 1. The van der Waals surface area contributed by atoms with Crippen molar-refractivity contribution in [2.24, 2.45) is 5.92 Å². The van der Waals surface area contributed by atoms with Crippen LogP contribution in [0.3, 0.4) is 0 Å². The van der Waals surface area contributed by atoms with Crippen molar-refractivity contribution in [1.82, 2.24) is 0 Å². The van der Waals surface area contributed by atoms with Gasteiger partial charge in [0.15, 0.2) is 0 Å². The Morgan fingerprint density at radius 1 is 1.31 bits per heavy atom. The molecule has 0 saturated carbocycles. The predicted molar refractivity (Wildman–Crippen MR) is 60.5 cm³/mol. The summed E-state index contributed by atoms with van der Waals surface area (Å²) in [6, 6.07) is 0. The van der Waals surface area contributed by atoms with E-state index in [-0.39, 0.29) is 11.7 Å². The van der Waals surface area contributed by atoms with Gasteiger partial charge in [-0.2, -0.15) is 0 Å². The van der Waals surface area contributed by atoms with Crippen molar-refractivity contribution in [1.29, 1.82) is 0 Å². The van der Waals surface area contributed by atoms with E-state index in [9.17, 15) is 5.11 Å². The molecule has 0 radical (unpaired) electrons. The summed E-state index contributed by atoms with van der Waals surface area (Å²) >= 11 is 0. The highest BCUT2D eigenvalue weighted by Crippen LogP contribution is 2.26. The summed E-state index contributed by atoms with van der Waals surface area (Å²) in [4.78, 5) is 1.54. The van der Waals surface area contributed by atoms with Gasteiger partial charge in [0.25, 0.3) is 0 Å². The van der Waals surface area contributed by atoms with Crippen LogP contribution in [-0.4, -0.2) is 56.3 Å². The van der Waals surface area contributed by atoms with Crippen LogP contribution in [0.15, 0.2) is 0 Å². The van der Waals surface area contributed by atoms with E-state index < -0.39 is 0 Å². The Hall–Kier alpha value is -0.160. The van der Waals surface area contributed by atoms with E-state index in [1.807, 2.05) is 13.8 Å². The Balaban J connectivity index is 1.81. The second kappa shape index (κ2) is 5.00. The molecule has 0 spiro atoms. The van der Waals surface area contributed by atoms with Crippen LogP contribution < -0.4 is 4.90 Å². The summed E-state index contributed by atoms with van der Waals surface area (Å²) in [5.41, 5.74) is -0.156. The van der Waals surface area contributed by atoms with Crippen molar-refractivity contribution >= 4 is 0 Å². The zero-order valence-corrected chi connectivity index (χ0v) is 10.4. The van der Waals surface area contributed by atoms with Gasteiger partial charge in [0.05, 0.1) is 44.0 Å². The Kier molecular flexibility index (Phi) is 3.85. The van der Waals surface area contributed by atoms with E-state index in [0.29, 0.717) is 12.5 Å². The molecule has 2 N–H and O–H groups in total. The average Bonchev–Trinajstić information content (AvgIpc) is 2.23. The standard InChI is InChI=1S/C12H23NO3/c1-12(2)7-11(14)10(9-16-12)8-13-3-5-15-6-4-13/h10-11,14H,3-9H2,1-2H3/p+1/t10-,11+/m0/s1. The molecule has 2 aliphatic heterocycles. The molecule has 2 rings (SSSR count). The summed E-state index contributed by atoms with van der Waals surface area (Å²) in [6.07, 6.45) is 0.542. The molecule has 16 heavy (non-hydrogen) atoms. The van der Waals surface area contributed by atoms with E-state index in [1.54, 1.807) is 4.90 Å². The molecule has 0 amide bonds.